The highest BCUT2D eigenvalue weighted by Crippen LogP contribution is 2.37. The number of rotatable bonds is 4. The number of sulfonamides is 1. The molecule has 132 valence electrons. The monoisotopic (exact) mass is 363 g/mol. The van der Waals surface area contributed by atoms with Crippen LogP contribution in [0, 0.1) is 0 Å². The minimum atomic E-state index is -3.59. The van der Waals surface area contributed by atoms with Gasteiger partial charge >= 0.3 is 0 Å². The van der Waals surface area contributed by atoms with Gasteiger partial charge in [0.1, 0.15) is 0 Å². The maximum atomic E-state index is 12.7. The summed E-state index contributed by atoms with van der Waals surface area (Å²) >= 11 is 0. The summed E-state index contributed by atoms with van der Waals surface area (Å²) in [6, 6.07) is 21.2. The molecule has 1 N–H and O–H groups in total. The van der Waals surface area contributed by atoms with E-state index in [1.54, 1.807) is 12.1 Å². The number of anilines is 1. The van der Waals surface area contributed by atoms with Gasteiger partial charge in [-0.1, -0.05) is 56.3 Å². The summed E-state index contributed by atoms with van der Waals surface area (Å²) in [6.45, 7) is 4.18. The van der Waals surface area contributed by atoms with Gasteiger partial charge in [-0.05, 0) is 64.4 Å². The van der Waals surface area contributed by atoms with E-state index in [9.17, 15) is 8.42 Å². The van der Waals surface area contributed by atoms with Gasteiger partial charge < -0.3 is 0 Å². The van der Waals surface area contributed by atoms with E-state index >= 15 is 0 Å². The number of fused-ring (bicyclic) bond motifs is 3. The third kappa shape index (κ3) is 3.01. The first-order valence-corrected chi connectivity index (χ1v) is 10.3. The Kier molecular flexibility index (Phi) is 4.08. The van der Waals surface area contributed by atoms with Gasteiger partial charge in [0.05, 0.1) is 4.90 Å². The van der Waals surface area contributed by atoms with E-state index in [0.29, 0.717) is 11.6 Å². The molecule has 3 aromatic rings. The van der Waals surface area contributed by atoms with Gasteiger partial charge in [-0.15, -0.1) is 0 Å². The van der Waals surface area contributed by atoms with Gasteiger partial charge in [-0.25, -0.2) is 8.42 Å². The van der Waals surface area contributed by atoms with E-state index in [1.807, 2.05) is 42.5 Å². The SMILES string of the molecule is CC(C)c1ccc(S(=O)(=O)Nc2ccc3c(c2)Cc2ccccc2-3)cc1. The molecule has 0 bridgehead atoms. The van der Waals surface area contributed by atoms with Crippen molar-refractivity contribution in [1.29, 1.82) is 0 Å². The third-order valence-electron chi connectivity index (χ3n) is 4.90. The Hall–Kier alpha value is -2.59. The maximum absolute atomic E-state index is 12.7. The molecule has 0 saturated carbocycles. The lowest BCUT2D eigenvalue weighted by molar-refractivity contribution is 0.601. The van der Waals surface area contributed by atoms with Gasteiger partial charge in [0.2, 0.25) is 0 Å². The number of benzene rings is 3. The predicted molar refractivity (Wildman–Crippen MR) is 106 cm³/mol. The van der Waals surface area contributed by atoms with Crippen LogP contribution in [0.25, 0.3) is 11.1 Å². The molecule has 0 fully saturated rings. The molecular weight excluding hydrogens is 342 g/mol. The highest BCUT2D eigenvalue weighted by molar-refractivity contribution is 7.92. The maximum Gasteiger partial charge on any atom is 0.261 e. The van der Waals surface area contributed by atoms with Crippen molar-refractivity contribution >= 4 is 15.7 Å². The lowest BCUT2D eigenvalue weighted by Gasteiger charge is -2.11. The van der Waals surface area contributed by atoms with Crippen LogP contribution < -0.4 is 4.72 Å². The number of hydrogen-bond acceptors (Lipinski definition) is 2. The molecule has 0 spiro atoms. The zero-order valence-corrected chi connectivity index (χ0v) is 15.7. The zero-order chi connectivity index (χ0) is 18.3. The number of nitrogens with one attached hydrogen (secondary N) is 1. The highest BCUT2D eigenvalue weighted by atomic mass is 32.2. The number of hydrogen-bond donors (Lipinski definition) is 1. The lowest BCUT2D eigenvalue weighted by atomic mass is 10.0. The fraction of sp³-hybridized carbons (Fsp3) is 0.182. The molecule has 0 radical (unpaired) electrons. The molecule has 0 unspecified atom stereocenters. The van der Waals surface area contributed by atoms with Gasteiger partial charge in [0.15, 0.2) is 0 Å². The van der Waals surface area contributed by atoms with Crippen LogP contribution in [0.5, 0.6) is 0 Å². The van der Waals surface area contributed by atoms with Crippen LogP contribution in [-0.4, -0.2) is 8.42 Å². The Labute approximate surface area is 154 Å². The van der Waals surface area contributed by atoms with Gasteiger partial charge in [-0.3, -0.25) is 4.72 Å². The van der Waals surface area contributed by atoms with Crippen LogP contribution in [0.3, 0.4) is 0 Å². The average molecular weight is 363 g/mol. The average Bonchev–Trinajstić information content (AvgIpc) is 2.99. The normalized spacial score (nSPS) is 12.7. The molecule has 0 heterocycles. The van der Waals surface area contributed by atoms with Crippen LogP contribution in [0.4, 0.5) is 5.69 Å². The van der Waals surface area contributed by atoms with Crippen LogP contribution >= 0.6 is 0 Å². The van der Waals surface area contributed by atoms with E-state index in [4.69, 9.17) is 0 Å². The molecule has 0 aliphatic heterocycles. The summed E-state index contributed by atoms with van der Waals surface area (Å²) in [7, 11) is -3.59. The Bertz CT molecular complexity index is 1070. The van der Waals surface area contributed by atoms with Crippen LogP contribution in [0.2, 0.25) is 0 Å². The van der Waals surface area contributed by atoms with Crippen molar-refractivity contribution in [2.75, 3.05) is 4.72 Å². The van der Waals surface area contributed by atoms with E-state index in [-0.39, 0.29) is 4.90 Å². The summed E-state index contributed by atoms with van der Waals surface area (Å²) in [5, 5.41) is 0. The van der Waals surface area contributed by atoms with E-state index in [2.05, 4.69) is 30.7 Å². The van der Waals surface area contributed by atoms with Gasteiger partial charge in [-0.2, -0.15) is 0 Å². The molecule has 26 heavy (non-hydrogen) atoms. The summed E-state index contributed by atoms with van der Waals surface area (Å²) < 4.78 is 28.1. The zero-order valence-electron chi connectivity index (χ0n) is 14.9. The van der Waals surface area contributed by atoms with Gasteiger partial charge in [0.25, 0.3) is 10.0 Å². The highest BCUT2D eigenvalue weighted by Gasteiger charge is 2.20. The van der Waals surface area contributed by atoms with Crippen LogP contribution in [0.15, 0.2) is 71.6 Å². The summed E-state index contributed by atoms with van der Waals surface area (Å²) in [6.07, 6.45) is 0.837. The molecule has 1 aliphatic rings. The van der Waals surface area contributed by atoms with Crippen molar-refractivity contribution < 1.29 is 8.42 Å². The topological polar surface area (TPSA) is 46.2 Å². The molecule has 3 aromatic carbocycles. The smallest absolute Gasteiger partial charge is 0.261 e. The van der Waals surface area contributed by atoms with Crippen molar-refractivity contribution in [3.05, 3.63) is 83.4 Å². The van der Waals surface area contributed by atoms with Gasteiger partial charge in [0, 0.05) is 5.69 Å². The van der Waals surface area contributed by atoms with E-state index in [0.717, 1.165) is 17.5 Å². The van der Waals surface area contributed by atoms with Crippen molar-refractivity contribution in [1.82, 2.24) is 0 Å². The van der Waals surface area contributed by atoms with Crippen molar-refractivity contribution in [2.45, 2.75) is 31.1 Å². The third-order valence-corrected chi connectivity index (χ3v) is 6.30. The molecular formula is C22H21NO2S. The molecule has 4 heteroatoms. The Morgan fingerprint density at radius 2 is 1.54 bits per heavy atom. The molecule has 0 amide bonds. The minimum Gasteiger partial charge on any atom is -0.280 e. The first-order valence-electron chi connectivity index (χ1n) is 8.78. The van der Waals surface area contributed by atoms with E-state index in [1.165, 1.54) is 16.7 Å². The Balaban J connectivity index is 1.60. The van der Waals surface area contributed by atoms with Crippen LogP contribution in [-0.2, 0) is 16.4 Å². The summed E-state index contributed by atoms with van der Waals surface area (Å²) in [5.41, 5.74) is 6.59. The van der Waals surface area contributed by atoms with E-state index < -0.39 is 10.0 Å². The fourth-order valence-corrected chi connectivity index (χ4v) is 4.50. The van der Waals surface area contributed by atoms with Crippen molar-refractivity contribution in [3.63, 3.8) is 0 Å². The predicted octanol–water partition coefficient (Wildman–Crippen LogP) is 5.18. The first kappa shape index (κ1) is 16.9. The second-order valence-electron chi connectivity index (χ2n) is 7.04. The van der Waals surface area contributed by atoms with Crippen molar-refractivity contribution in [3.8, 4) is 11.1 Å². The second-order valence-corrected chi connectivity index (χ2v) is 8.72. The molecule has 0 atom stereocenters. The summed E-state index contributed by atoms with van der Waals surface area (Å²) in [4.78, 5) is 0.283. The Morgan fingerprint density at radius 3 is 2.27 bits per heavy atom. The Morgan fingerprint density at radius 1 is 0.846 bits per heavy atom. The first-order chi connectivity index (χ1) is 12.4. The summed E-state index contributed by atoms with van der Waals surface area (Å²) in [5.74, 6) is 0.373. The van der Waals surface area contributed by atoms with Crippen molar-refractivity contribution in [2.24, 2.45) is 0 Å². The molecule has 1 aliphatic carbocycles. The minimum absolute atomic E-state index is 0.283. The second kappa shape index (κ2) is 6.29. The quantitative estimate of drug-likeness (QED) is 0.543. The molecule has 3 nitrogen and oxygen atoms in total. The fourth-order valence-electron chi connectivity index (χ4n) is 3.45. The standard InChI is InChI=1S/C22H21NO2S/c1-15(2)16-7-10-20(11-8-16)26(24,25)23-19-9-12-22-18(14-19)13-17-5-3-4-6-21(17)22/h3-12,14-15,23H,13H2,1-2H3. The molecule has 0 aromatic heterocycles. The molecule has 0 saturated heterocycles. The lowest BCUT2D eigenvalue weighted by Crippen LogP contribution is -2.13. The van der Waals surface area contributed by atoms with Crippen LogP contribution in [0.1, 0.15) is 36.5 Å². The largest absolute Gasteiger partial charge is 0.280 e. The molecule has 4 rings (SSSR count).